The summed E-state index contributed by atoms with van der Waals surface area (Å²) in [6.45, 7) is 0.871. The molecular formula is C14H18ClNO3. The predicted molar refractivity (Wildman–Crippen MR) is 73.0 cm³/mol. The average molecular weight is 284 g/mol. The fraction of sp³-hybridized carbons (Fsp3) is 0.500. The number of hydrogen-bond donors (Lipinski definition) is 0. The number of carbonyl (C=O) groups is 1. The summed E-state index contributed by atoms with van der Waals surface area (Å²) in [6, 6.07) is 9.96. The fourth-order valence-corrected chi connectivity index (χ4v) is 2.18. The van der Waals surface area contributed by atoms with Crippen molar-refractivity contribution >= 4 is 17.7 Å². The van der Waals surface area contributed by atoms with Crippen LogP contribution in [0.3, 0.4) is 0 Å². The highest BCUT2D eigenvalue weighted by Crippen LogP contribution is 2.17. The summed E-state index contributed by atoms with van der Waals surface area (Å²) in [7, 11) is 0. The maximum Gasteiger partial charge on any atom is 0.434 e. The Balaban J connectivity index is 1.86. The summed E-state index contributed by atoms with van der Waals surface area (Å²) in [5, 5.41) is 1.36. The Kier molecular flexibility index (Phi) is 5.48. The number of hydroxylamine groups is 2. The van der Waals surface area contributed by atoms with Crippen molar-refractivity contribution in [2.45, 2.75) is 25.3 Å². The van der Waals surface area contributed by atoms with Crippen LogP contribution < -0.4 is 0 Å². The van der Waals surface area contributed by atoms with E-state index in [0.717, 1.165) is 19.3 Å². The first-order valence-corrected chi connectivity index (χ1v) is 7.03. The zero-order chi connectivity index (χ0) is 13.5. The van der Waals surface area contributed by atoms with Crippen molar-refractivity contribution in [1.29, 1.82) is 0 Å². The van der Waals surface area contributed by atoms with Crippen molar-refractivity contribution in [2.75, 3.05) is 19.1 Å². The van der Waals surface area contributed by atoms with E-state index in [4.69, 9.17) is 21.2 Å². The topological polar surface area (TPSA) is 38.8 Å². The number of cyclic esters (lactones) is 1. The lowest BCUT2D eigenvalue weighted by Gasteiger charge is -2.20. The van der Waals surface area contributed by atoms with Gasteiger partial charge in [-0.1, -0.05) is 30.3 Å². The van der Waals surface area contributed by atoms with Crippen LogP contribution in [-0.4, -0.2) is 36.3 Å². The highest BCUT2D eigenvalue weighted by Gasteiger charge is 2.34. The molecule has 1 aromatic rings. The second-order valence-electron chi connectivity index (χ2n) is 4.48. The van der Waals surface area contributed by atoms with Crippen molar-refractivity contribution < 1.29 is 14.4 Å². The molecule has 4 nitrogen and oxygen atoms in total. The molecule has 0 radical (unpaired) electrons. The molecule has 0 N–H and O–H groups in total. The Morgan fingerprint density at radius 3 is 2.84 bits per heavy atom. The number of ether oxygens (including phenoxy) is 1. The molecule has 5 heteroatoms. The SMILES string of the molecule is O=C1OC[C@H](Cc2ccccc2)N1OCCCCCl. The maximum absolute atomic E-state index is 11.6. The first kappa shape index (κ1) is 14.2. The van der Waals surface area contributed by atoms with Crippen LogP contribution in [0.1, 0.15) is 18.4 Å². The summed E-state index contributed by atoms with van der Waals surface area (Å²) in [4.78, 5) is 17.1. The van der Waals surface area contributed by atoms with Crippen molar-refractivity contribution in [1.82, 2.24) is 5.06 Å². The Morgan fingerprint density at radius 2 is 2.11 bits per heavy atom. The smallest absolute Gasteiger partial charge is 0.434 e. The van der Waals surface area contributed by atoms with Crippen LogP contribution in [-0.2, 0) is 16.0 Å². The Morgan fingerprint density at radius 1 is 1.32 bits per heavy atom. The first-order chi connectivity index (χ1) is 9.31. The van der Waals surface area contributed by atoms with Gasteiger partial charge in [-0.15, -0.1) is 11.6 Å². The van der Waals surface area contributed by atoms with Crippen molar-refractivity contribution in [3.05, 3.63) is 35.9 Å². The largest absolute Gasteiger partial charge is 0.446 e. The summed E-state index contributed by atoms with van der Waals surface area (Å²) in [5.74, 6) is 0.612. The van der Waals surface area contributed by atoms with Crippen LogP contribution in [0.5, 0.6) is 0 Å². The highest BCUT2D eigenvalue weighted by atomic mass is 35.5. The molecule has 1 fully saturated rings. The third-order valence-electron chi connectivity index (χ3n) is 2.98. The molecule has 0 aromatic heterocycles. The van der Waals surface area contributed by atoms with Gasteiger partial charge in [-0.05, 0) is 24.8 Å². The Hall–Kier alpha value is -1.26. The molecule has 1 amide bonds. The monoisotopic (exact) mass is 283 g/mol. The molecule has 1 saturated heterocycles. The summed E-state index contributed by atoms with van der Waals surface area (Å²) in [6.07, 6.45) is 2.06. The van der Waals surface area contributed by atoms with Gasteiger partial charge in [0.2, 0.25) is 0 Å². The number of nitrogens with zero attached hydrogens (tertiary/aromatic N) is 1. The standard InChI is InChI=1S/C14H18ClNO3/c15-8-4-5-9-19-16-13(11-18-14(16)17)10-12-6-2-1-3-7-12/h1-3,6-7,13H,4-5,8-11H2/t13-/m0/s1. The molecule has 1 aliphatic rings. The van der Waals surface area contributed by atoms with Crippen molar-refractivity contribution in [3.8, 4) is 0 Å². The molecule has 19 heavy (non-hydrogen) atoms. The number of unbranched alkanes of at least 4 members (excludes halogenated alkanes) is 1. The van der Waals surface area contributed by atoms with Gasteiger partial charge in [0.1, 0.15) is 12.6 Å². The van der Waals surface area contributed by atoms with E-state index in [2.05, 4.69) is 0 Å². The Bertz CT molecular complexity index is 399. The molecule has 104 valence electrons. The molecule has 1 aromatic carbocycles. The lowest BCUT2D eigenvalue weighted by Crippen LogP contribution is -2.35. The highest BCUT2D eigenvalue weighted by molar-refractivity contribution is 6.17. The van der Waals surface area contributed by atoms with E-state index in [1.807, 2.05) is 30.3 Å². The summed E-state index contributed by atoms with van der Waals surface area (Å²) >= 11 is 5.60. The number of halogens is 1. The van der Waals surface area contributed by atoms with E-state index in [1.165, 1.54) is 10.6 Å². The van der Waals surface area contributed by atoms with Gasteiger partial charge < -0.3 is 4.74 Å². The zero-order valence-corrected chi connectivity index (χ0v) is 11.5. The number of amides is 1. The second-order valence-corrected chi connectivity index (χ2v) is 4.85. The van der Waals surface area contributed by atoms with Gasteiger partial charge in [-0.3, -0.25) is 4.84 Å². The average Bonchev–Trinajstić information content (AvgIpc) is 2.77. The fourth-order valence-electron chi connectivity index (χ4n) is 1.99. The van der Waals surface area contributed by atoms with Crippen LogP contribution in [0.15, 0.2) is 30.3 Å². The van der Waals surface area contributed by atoms with Crippen molar-refractivity contribution in [2.24, 2.45) is 0 Å². The molecular weight excluding hydrogens is 266 g/mol. The van der Waals surface area contributed by atoms with E-state index in [-0.39, 0.29) is 6.04 Å². The molecule has 1 atom stereocenters. The van der Waals surface area contributed by atoms with E-state index in [1.54, 1.807) is 0 Å². The molecule has 0 aliphatic carbocycles. The number of carbonyl (C=O) groups excluding carboxylic acids is 1. The number of alkyl halides is 1. The lowest BCUT2D eigenvalue weighted by atomic mass is 10.1. The number of benzene rings is 1. The minimum atomic E-state index is -0.396. The maximum atomic E-state index is 11.6. The third-order valence-corrected chi connectivity index (χ3v) is 3.25. The minimum Gasteiger partial charge on any atom is -0.446 e. The van der Waals surface area contributed by atoms with Crippen LogP contribution in [0, 0.1) is 0 Å². The second kappa shape index (κ2) is 7.36. The van der Waals surface area contributed by atoms with Crippen LogP contribution >= 0.6 is 11.6 Å². The van der Waals surface area contributed by atoms with E-state index in [0.29, 0.717) is 19.1 Å². The minimum absolute atomic E-state index is 0.0501. The molecule has 0 saturated carbocycles. The molecule has 0 bridgehead atoms. The van der Waals surface area contributed by atoms with Crippen LogP contribution in [0.25, 0.3) is 0 Å². The third kappa shape index (κ3) is 4.11. The number of rotatable bonds is 7. The van der Waals surface area contributed by atoms with E-state index >= 15 is 0 Å². The number of hydrogen-bond acceptors (Lipinski definition) is 3. The first-order valence-electron chi connectivity index (χ1n) is 6.50. The van der Waals surface area contributed by atoms with E-state index < -0.39 is 6.09 Å². The van der Waals surface area contributed by atoms with Crippen LogP contribution in [0.4, 0.5) is 4.79 Å². The molecule has 0 spiro atoms. The van der Waals surface area contributed by atoms with Gasteiger partial charge in [-0.2, -0.15) is 5.06 Å². The van der Waals surface area contributed by atoms with Gasteiger partial charge in [0.25, 0.3) is 0 Å². The molecule has 1 aliphatic heterocycles. The van der Waals surface area contributed by atoms with Gasteiger partial charge in [-0.25, -0.2) is 4.79 Å². The predicted octanol–water partition coefficient (Wildman–Crippen LogP) is 3.00. The Labute approximate surface area is 118 Å². The van der Waals surface area contributed by atoms with Crippen LogP contribution in [0.2, 0.25) is 0 Å². The summed E-state index contributed by atoms with van der Waals surface area (Å²) in [5.41, 5.74) is 1.17. The van der Waals surface area contributed by atoms with Gasteiger partial charge in [0.05, 0.1) is 6.61 Å². The normalized spacial score (nSPS) is 18.7. The lowest BCUT2D eigenvalue weighted by molar-refractivity contribution is -0.131. The van der Waals surface area contributed by atoms with Gasteiger partial charge in [0, 0.05) is 5.88 Å². The zero-order valence-electron chi connectivity index (χ0n) is 10.8. The molecule has 2 rings (SSSR count). The quantitative estimate of drug-likeness (QED) is 0.570. The summed E-state index contributed by atoms with van der Waals surface area (Å²) < 4.78 is 5.04. The van der Waals surface area contributed by atoms with Gasteiger partial charge >= 0.3 is 6.09 Å². The molecule has 0 unspecified atom stereocenters. The van der Waals surface area contributed by atoms with Gasteiger partial charge in [0.15, 0.2) is 0 Å². The van der Waals surface area contributed by atoms with Crippen molar-refractivity contribution in [3.63, 3.8) is 0 Å². The molecule has 1 heterocycles. The van der Waals surface area contributed by atoms with E-state index in [9.17, 15) is 4.79 Å².